The first-order valence-electron chi connectivity index (χ1n) is 11.4. The van der Waals surface area contributed by atoms with E-state index in [1.165, 1.54) is 10.5 Å². The largest absolute Gasteiger partial charge is 0.297 e. The normalized spacial score (nSPS) is 19.9. The number of carbonyl (C=O) groups is 2. The standard InChI is InChI=1S/C27H27N3O2S/c31-26-19-24(29-17-15-28(16-18-29)20-21-9-3-1-4-10-21)27(32)30(26)23-13-7-8-14-25(23)33-22-11-5-2-6-12-22/h1-14,24H,15-20H2. The van der Waals surface area contributed by atoms with Gasteiger partial charge in [-0.1, -0.05) is 72.4 Å². The van der Waals surface area contributed by atoms with E-state index in [9.17, 15) is 9.59 Å². The predicted octanol–water partition coefficient (Wildman–Crippen LogP) is 4.29. The Morgan fingerprint density at radius 2 is 1.39 bits per heavy atom. The summed E-state index contributed by atoms with van der Waals surface area (Å²) in [6, 6.07) is 27.8. The van der Waals surface area contributed by atoms with Crippen LogP contribution < -0.4 is 4.90 Å². The molecule has 2 saturated heterocycles. The van der Waals surface area contributed by atoms with E-state index >= 15 is 0 Å². The maximum absolute atomic E-state index is 13.4. The summed E-state index contributed by atoms with van der Waals surface area (Å²) in [4.78, 5) is 34.4. The lowest BCUT2D eigenvalue weighted by Gasteiger charge is -2.37. The first-order chi connectivity index (χ1) is 16.2. The summed E-state index contributed by atoms with van der Waals surface area (Å²) in [7, 11) is 0. The molecule has 0 bridgehead atoms. The molecule has 3 aromatic carbocycles. The molecule has 0 spiro atoms. The van der Waals surface area contributed by atoms with Crippen molar-refractivity contribution >= 4 is 29.3 Å². The SMILES string of the molecule is O=C1CC(N2CCN(Cc3ccccc3)CC2)C(=O)N1c1ccccc1Sc1ccccc1. The molecule has 0 radical (unpaired) electrons. The zero-order chi connectivity index (χ0) is 22.6. The highest BCUT2D eigenvalue weighted by Crippen LogP contribution is 2.37. The van der Waals surface area contributed by atoms with Gasteiger partial charge in [0.2, 0.25) is 5.91 Å². The van der Waals surface area contributed by atoms with Crippen molar-refractivity contribution in [2.75, 3.05) is 31.1 Å². The van der Waals surface area contributed by atoms with Crippen LogP contribution in [-0.4, -0.2) is 53.8 Å². The molecule has 0 aromatic heterocycles. The number of nitrogens with zero attached hydrogens (tertiary/aromatic N) is 3. The molecule has 1 atom stereocenters. The minimum Gasteiger partial charge on any atom is -0.297 e. The van der Waals surface area contributed by atoms with Crippen molar-refractivity contribution in [2.24, 2.45) is 0 Å². The molecule has 168 valence electrons. The van der Waals surface area contributed by atoms with Crippen LogP contribution in [0.3, 0.4) is 0 Å². The molecule has 2 amide bonds. The lowest BCUT2D eigenvalue weighted by molar-refractivity contribution is -0.123. The maximum Gasteiger partial charge on any atom is 0.251 e. The molecule has 0 saturated carbocycles. The molecule has 6 heteroatoms. The molecular formula is C27H27N3O2S. The minimum atomic E-state index is -0.369. The Kier molecular flexibility index (Phi) is 6.58. The van der Waals surface area contributed by atoms with Gasteiger partial charge in [0.15, 0.2) is 0 Å². The molecule has 2 fully saturated rings. The Morgan fingerprint density at radius 1 is 0.758 bits per heavy atom. The lowest BCUT2D eigenvalue weighted by atomic mass is 10.1. The molecule has 0 aliphatic carbocycles. The molecule has 3 aromatic rings. The van der Waals surface area contributed by atoms with E-state index in [-0.39, 0.29) is 24.3 Å². The zero-order valence-electron chi connectivity index (χ0n) is 18.5. The summed E-state index contributed by atoms with van der Waals surface area (Å²) in [5, 5.41) is 0. The van der Waals surface area contributed by atoms with E-state index in [0.717, 1.165) is 42.5 Å². The van der Waals surface area contributed by atoms with Gasteiger partial charge in [-0.15, -0.1) is 0 Å². The van der Waals surface area contributed by atoms with Gasteiger partial charge in [0.25, 0.3) is 5.91 Å². The number of hydrogen-bond donors (Lipinski definition) is 0. The topological polar surface area (TPSA) is 43.9 Å². The predicted molar refractivity (Wildman–Crippen MR) is 131 cm³/mol. The van der Waals surface area contributed by atoms with Crippen LogP contribution in [0, 0.1) is 0 Å². The molecule has 2 aliphatic heterocycles. The smallest absolute Gasteiger partial charge is 0.251 e. The number of imide groups is 1. The first kappa shape index (κ1) is 21.9. The lowest BCUT2D eigenvalue weighted by Crippen LogP contribution is -2.52. The summed E-state index contributed by atoms with van der Waals surface area (Å²) in [5.41, 5.74) is 1.99. The third-order valence-electron chi connectivity index (χ3n) is 6.30. The second-order valence-corrected chi connectivity index (χ2v) is 9.58. The van der Waals surface area contributed by atoms with E-state index in [4.69, 9.17) is 0 Å². The molecule has 2 aliphatic rings. The van der Waals surface area contributed by atoms with Gasteiger partial charge in [-0.05, 0) is 29.8 Å². The van der Waals surface area contributed by atoms with Gasteiger partial charge < -0.3 is 0 Å². The Labute approximate surface area is 199 Å². The highest BCUT2D eigenvalue weighted by atomic mass is 32.2. The number of anilines is 1. The highest BCUT2D eigenvalue weighted by molar-refractivity contribution is 7.99. The fraction of sp³-hybridized carbons (Fsp3) is 0.259. The van der Waals surface area contributed by atoms with Crippen molar-refractivity contribution in [2.45, 2.75) is 28.8 Å². The molecule has 5 nitrogen and oxygen atoms in total. The van der Waals surface area contributed by atoms with Crippen LogP contribution >= 0.6 is 11.8 Å². The van der Waals surface area contributed by atoms with Gasteiger partial charge in [-0.3, -0.25) is 19.4 Å². The van der Waals surface area contributed by atoms with Crippen molar-refractivity contribution in [3.05, 3.63) is 90.5 Å². The molecule has 2 heterocycles. The van der Waals surface area contributed by atoms with Gasteiger partial charge in [0.1, 0.15) is 0 Å². The average Bonchev–Trinajstić information content (AvgIpc) is 3.15. The van der Waals surface area contributed by atoms with Crippen molar-refractivity contribution in [1.82, 2.24) is 9.80 Å². The number of hydrogen-bond acceptors (Lipinski definition) is 5. The number of carbonyl (C=O) groups excluding carboxylic acids is 2. The summed E-state index contributed by atoms with van der Waals surface area (Å²) >= 11 is 1.58. The first-order valence-corrected chi connectivity index (χ1v) is 12.2. The molecule has 1 unspecified atom stereocenters. The number of amides is 2. The van der Waals surface area contributed by atoms with Crippen LogP contribution in [0.5, 0.6) is 0 Å². The zero-order valence-corrected chi connectivity index (χ0v) is 19.3. The summed E-state index contributed by atoms with van der Waals surface area (Å²) in [5.74, 6) is -0.213. The summed E-state index contributed by atoms with van der Waals surface area (Å²) < 4.78 is 0. The van der Waals surface area contributed by atoms with E-state index in [1.54, 1.807) is 11.8 Å². The van der Waals surface area contributed by atoms with Gasteiger partial charge in [-0.2, -0.15) is 0 Å². The van der Waals surface area contributed by atoms with Gasteiger partial charge >= 0.3 is 0 Å². The third-order valence-corrected chi connectivity index (χ3v) is 7.37. The van der Waals surface area contributed by atoms with Crippen LogP contribution in [0.4, 0.5) is 5.69 Å². The van der Waals surface area contributed by atoms with Gasteiger partial charge in [0, 0.05) is 42.5 Å². The van der Waals surface area contributed by atoms with Crippen molar-refractivity contribution < 1.29 is 9.59 Å². The molecule has 0 N–H and O–H groups in total. The Hall–Kier alpha value is -2.93. The van der Waals surface area contributed by atoms with E-state index in [2.05, 4.69) is 34.1 Å². The Bertz CT molecular complexity index is 1110. The highest BCUT2D eigenvalue weighted by Gasteiger charge is 2.44. The quantitative estimate of drug-likeness (QED) is 0.517. The molecule has 33 heavy (non-hydrogen) atoms. The number of para-hydroxylation sites is 1. The fourth-order valence-electron chi connectivity index (χ4n) is 4.57. The van der Waals surface area contributed by atoms with Crippen molar-refractivity contribution in [3.63, 3.8) is 0 Å². The van der Waals surface area contributed by atoms with Crippen LogP contribution in [0.1, 0.15) is 12.0 Å². The maximum atomic E-state index is 13.4. The van der Waals surface area contributed by atoms with E-state index < -0.39 is 0 Å². The van der Waals surface area contributed by atoms with E-state index in [0.29, 0.717) is 5.69 Å². The Balaban J connectivity index is 1.27. The van der Waals surface area contributed by atoms with E-state index in [1.807, 2.05) is 60.7 Å². The van der Waals surface area contributed by atoms with Crippen molar-refractivity contribution in [1.29, 1.82) is 0 Å². The third kappa shape index (κ3) is 4.88. The molecular weight excluding hydrogens is 430 g/mol. The fourth-order valence-corrected chi connectivity index (χ4v) is 5.53. The van der Waals surface area contributed by atoms with Crippen LogP contribution in [0.15, 0.2) is 94.7 Å². The van der Waals surface area contributed by atoms with Gasteiger partial charge in [0.05, 0.1) is 18.2 Å². The van der Waals surface area contributed by atoms with Crippen LogP contribution in [0.2, 0.25) is 0 Å². The second-order valence-electron chi connectivity index (χ2n) is 8.47. The van der Waals surface area contributed by atoms with Crippen molar-refractivity contribution in [3.8, 4) is 0 Å². The van der Waals surface area contributed by atoms with Crippen LogP contribution in [0.25, 0.3) is 0 Å². The molecule has 5 rings (SSSR count). The summed E-state index contributed by atoms with van der Waals surface area (Å²) in [6.45, 7) is 4.30. The summed E-state index contributed by atoms with van der Waals surface area (Å²) in [6.07, 6.45) is 0.252. The monoisotopic (exact) mass is 457 g/mol. The number of benzene rings is 3. The number of piperazine rings is 1. The Morgan fingerprint density at radius 3 is 2.12 bits per heavy atom. The van der Waals surface area contributed by atoms with Gasteiger partial charge in [-0.25, -0.2) is 4.90 Å². The minimum absolute atomic E-state index is 0.0994. The number of rotatable bonds is 6. The van der Waals surface area contributed by atoms with Crippen LogP contribution in [-0.2, 0) is 16.1 Å². The average molecular weight is 458 g/mol. The second kappa shape index (κ2) is 9.91.